The van der Waals surface area contributed by atoms with Gasteiger partial charge in [-0.15, -0.1) is 0 Å². The quantitative estimate of drug-likeness (QED) is 0.720. The maximum Gasteiger partial charge on any atom is 0.433 e. The Hall–Kier alpha value is -2.57. The molecular weight excluding hydrogens is 283 g/mol. The van der Waals surface area contributed by atoms with Gasteiger partial charge >= 0.3 is 6.18 Å². The second kappa shape index (κ2) is 4.76. The van der Waals surface area contributed by atoms with Gasteiger partial charge in [-0.1, -0.05) is 6.07 Å². The van der Waals surface area contributed by atoms with Gasteiger partial charge in [0.15, 0.2) is 17.3 Å². The van der Waals surface area contributed by atoms with Crippen LogP contribution < -0.4 is 0 Å². The number of aryl methyl sites for hydroxylation is 1. The summed E-state index contributed by atoms with van der Waals surface area (Å²) in [6.07, 6.45) is -1.85. The number of alkyl halides is 3. The van der Waals surface area contributed by atoms with Crippen LogP contribution in [0.5, 0.6) is 0 Å². The number of nitrogens with zero attached hydrogens (tertiary/aromatic N) is 3. The molecule has 0 radical (unpaired) electrons. The molecule has 0 amide bonds. The zero-order valence-corrected chi connectivity index (χ0v) is 10.9. The van der Waals surface area contributed by atoms with Crippen molar-refractivity contribution >= 4 is 0 Å². The van der Waals surface area contributed by atoms with Gasteiger partial charge in [0.25, 0.3) is 0 Å². The van der Waals surface area contributed by atoms with E-state index in [-0.39, 0.29) is 11.4 Å². The van der Waals surface area contributed by atoms with E-state index < -0.39 is 11.9 Å². The Labute approximate surface area is 117 Å². The molecule has 3 rings (SSSR count). The van der Waals surface area contributed by atoms with Gasteiger partial charge in [-0.2, -0.15) is 18.3 Å². The van der Waals surface area contributed by atoms with Crippen LogP contribution in [-0.4, -0.2) is 14.8 Å². The first kappa shape index (κ1) is 13.4. The van der Waals surface area contributed by atoms with Crippen molar-refractivity contribution < 1.29 is 17.6 Å². The number of pyridine rings is 1. The lowest BCUT2D eigenvalue weighted by Gasteiger charge is -2.11. The molecule has 3 aromatic rings. The molecule has 21 heavy (non-hydrogen) atoms. The van der Waals surface area contributed by atoms with Gasteiger partial charge in [0.05, 0.1) is 12.5 Å². The third-order valence-corrected chi connectivity index (χ3v) is 2.95. The van der Waals surface area contributed by atoms with Crippen LogP contribution in [0.2, 0.25) is 0 Å². The molecule has 0 aliphatic carbocycles. The first-order chi connectivity index (χ1) is 9.97. The van der Waals surface area contributed by atoms with Gasteiger partial charge in [-0.05, 0) is 36.8 Å². The number of hydrogen-bond acceptors (Lipinski definition) is 3. The summed E-state index contributed by atoms with van der Waals surface area (Å²) in [5.41, 5.74) is -0.335. The molecule has 0 aliphatic heterocycles. The molecular formula is C14H10F3N3O. The fourth-order valence-electron chi connectivity index (χ4n) is 2.05. The summed E-state index contributed by atoms with van der Waals surface area (Å²) in [7, 11) is 0. The van der Waals surface area contributed by atoms with Crippen LogP contribution in [0.15, 0.2) is 47.2 Å². The first-order valence-electron chi connectivity index (χ1n) is 6.10. The Bertz CT molecular complexity index is 760. The highest BCUT2D eigenvalue weighted by Gasteiger charge is 2.37. The molecule has 3 heterocycles. The van der Waals surface area contributed by atoms with Gasteiger partial charge in [-0.3, -0.25) is 0 Å². The normalized spacial score (nSPS) is 11.8. The molecule has 0 aliphatic rings. The predicted molar refractivity (Wildman–Crippen MR) is 68.8 cm³/mol. The van der Waals surface area contributed by atoms with Gasteiger partial charge in [0, 0.05) is 0 Å². The fourth-order valence-corrected chi connectivity index (χ4v) is 2.05. The molecule has 0 bridgehead atoms. The van der Waals surface area contributed by atoms with Crippen molar-refractivity contribution in [3.05, 3.63) is 54.0 Å². The molecule has 0 unspecified atom stereocenters. The smallest absolute Gasteiger partial charge is 0.433 e. The summed E-state index contributed by atoms with van der Waals surface area (Å²) in [5.74, 6) is 0.568. The van der Waals surface area contributed by atoms with Crippen LogP contribution in [0.25, 0.3) is 17.3 Å². The number of aromatic nitrogens is 3. The van der Waals surface area contributed by atoms with Gasteiger partial charge in [0.2, 0.25) is 0 Å². The third-order valence-electron chi connectivity index (χ3n) is 2.95. The lowest BCUT2D eigenvalue weighted by Crippen LogP contribution is -2.15. The Kier molecular flexibility index (Phi) is 3.04. The fraction of sp³-hybridized carbons (Fsp3) is 0.143. The minimum atomic E-state index is -4.50. The highest BCUT2D eigenvalue weighted by Crippen LogP contribution is 2.33. The lowest BCUT2D eigenvalue weighted by atomic mass is 10.2. The molecule has 108 valence electrons. The van der Waals surface area contributed by atoms with Crippen molar-refractivity contribution in [1.82, 2.24) is 14.8 Å². The third kappa shape index (κ3) is 2.42. The van der Waals surface area contributed by atoms with Crippen LogP contribution >= 0.6 is 0 Å². The van der Waals surface area contributed by atoms with E-state index in [1.54, 1.807) is 24.3 Å². The SMILES string of the molecule is Cc1cnn(-c2cccc(-c3ccco3)n2)c1C(F)(F)F. The average molecular weight is 293 g/mol. The Morgan fingerprint density at radius 2 is 1.95 bits per heavy atom. The van der Waals surface area contributed by atoms with Crippen LogP contribution in [0, 0.1) is 6.92 Å². The van der Waals surface area contributed by atoms with Crippen LogP contribution in [-0.2, 0) is 6.18 Å². The summed E-state index contributed by atoms with van der Waals surface area (Å²) in [6.45, 7) is 1.36. The minimum absolute atomic E-state index is 0.0488. The number of furan rings is 1. The number of halogens is 3. The average Bonchev–Trinajstić information content (AvgIpc) is 3.07. The first-order valence-corrected chi connectivity index (χ1v) is 6.10. The summed E-state index contributed by atoms with van der Waals surface area (Å²) in [4.78, 5) is 4.18. The van der Waals surface area contributed by atoms with Crippen molar-refractivity contribution in [2.24, 2.45) is 0 Å². The molecule has 4 nitrogen and oxygen atoms in total. The van der Waals surface area contributed by atoms with E-state index in [0.29, 0.717) is 11.5 Å². The summed E-state index contributed by atoms with van der Waals surface area (Å²) >= 11 is 0. The van der Waals surface area contributed by atoms with E-state index in [4.69, 9.17) is 4.42 Å². The standard InChI is InChI=1S/C14H10F3N3O/c1-9-8-18-20(13(9)14(15,16)17)12-6-2-4-10(19-12)11-5-3-7-21-11/h2-8H,1H3. The van der Waals surface area contributed by atoms with E-state index in [9.17, 15) is 13.2 Å². The Morgan fingerprint density at radius 3 is 2.62 bits per heavy atom. The van der Waals surface area contributed by atoms with Crippen molar-refractivity contribution in [3.8, 4) is 17.3 Å². The van der Waals surface area contributed by atoms with Gasteiger partial charge in [0.1, 0.15) is 5.69 Å². The molecule has 0 aromatic carbocycles. The zero-order chi connectivity index (χ0) is 15.0. The van der Waals surface area contributed by atoms with E-state index >= 15 is 0 Å². The molecule has 0 saturated carbocycles. The van der Waals surface area contributed by atoms with Crippen molar-refractivity contribution in [2.45, 2.75) is 13.1 Å². The summed E-state index contributed by atoms with van der Waals surface area (Å²) < 4.78 is 45.3. The van der Waals surface area contributed by atoms with Crippen molar-refractivity contribution in [3.63, 3.8) is 0 Å². The van der Waals surface area contributed by atoms with Gasteiger partial charge < -0.3 is 4.42 Å². The summed E-state index contributed by atoms with van der Waals surface area (Å²) in [5, 5.41) is 3.78. The molecule has 0 saturated heterocycles. The zero-order valence-electron chi connectivity index (χ0n) is 10.9. The second-order valence-corrected chi connectivity index (χ2v) is 4.44. The largest absolute Gasteiger partial charge is 0.463 e. The maximum atomic E-state index is 13.1. The van der Waals surface area contributed by atoms with E-state index in [1.165, 1.54) is 25.5 Å². The Balaban J connectivity index is 2.12. The van der Waals surface area contributed by atoms with Crippen LogP contribution in [0.1, 0.15) is 11.3 Å². The van der Waals surface area contributed by atoms with E-state index in [0.717, 1.165) is 4.68 Å². The second-order valence-electron chi connectivity index (χ2n) is 4.44. The molecule has 0 spiro atoms. The predicted octanol–water partition coefficient (Wildman–Crippen LogP) is 3.85. The minimum Gasteiger partial charge on any atom is -0.463 e. The Morgan fingerprint density at radius 1 is 1.14 bits per heavy atom. The lowest BCUT2D eigenvalue weighted by molar-refractivity contribution is -0.143. The number of rotatable bonds is 2. The van der Waals surface area contributed by atoms with E-state index in [2.05, 4.69) is 10.1 Å². The highest BCUT2D eigenvalue weighted by atomic mass is 19.4. The highest BCUT2D eigenvalue weighted by molar-refractivity contribution is 5.53. The molecule has 7 heteroatoms. The topological polar surface area (TPSA) is 43.9 Å². The summed E-state index contributed by atoms with van der Waals surface area (Å²) in [6, 6.07) is 8.10. The van der Waals surface area contributed by atoms with Gasteiger partial charge in [-0.25, -0.2) is 9.67 Å². The molecule has 0 atom stereocenters. The monoisotopic (exact) mass is 293 g/mol. The van der Waals surface area contributed by atoms with E-state index in [1.807, 2.05) is 0 Å². The molecule has 0 fully saturated rings. The molecule has 0 N–H and O–H groups in total. The number of hydrogen-bond donors (Lipinski definition) is 0. The van der Waals surface area contributed by atoms with Crippen LogP contribution in [0.3, 0.4) is 0 Å². The maximum absolute atomic E-state index is 13.1. The van der Waals surface area contributed by atoms with Crippen LogP contribution in [0.4, 0.5) is 13.2 Å². The van der Waals surface area contributed by atoms with Crippen molar-refractivity contribution in [1.29, 1.82) is 0 Å². The van der Waals surface area contributed by atoms with Crippen molar-refractivity contribution in [2.75, 3.05) is 0 Å². The molecule has 3 aromatic heterocycles.